The number of fused-ring (bicyclic) bond motifs is 1. The molecule has 0 fully saturated rings. The Labute approximate surface area is 102 Å². The van der Waals surface area contributed by atoms with Crippen LogP contribution in [0, 0.1) is 0 Å². The Balaban J connectivity index is 2.38. The first-order valence-electron chi connectivity index (χ1n) is 6.22. The van der Waals surface area contributed by atoms with Gasteiger partial charge in [-0.25, -0.2) is 0 Å². The smallest absolute Gasteiger partial charge is 0.207 e. The van der Waals surface area contributed by atoms with E-state index in [0.29, 0.717) is 0 Å². The molecule has 1 aromatic rings. The first-order chi connectivity index (χ1) is 8.24. The molecule has 0 spiro atoms. The fraction of sp³-hybridized carbons (Fsp3) is 0.500. The van der Waals surface area contributed by atoms with Crippen LogP contribution in [0.4, 0.5) is 0 Å². The maximum Gasteiger partial charge on any atom is 0.207 e. The number of para-hydroxylation sites is 1. The number of carbonyl (C=O) groups excluding carboxylic acids is 1. The molecule has 92 valence electrons. The number of nitrogens with one attached hydrogen (secondary N) is 1. The molecule has 0 aromatic heterocycles. The van der Waals surface area contributed by atoms with Crippen molar-refractivity contribution in [3.05, 3.63) is 29.8 Å². The van der Waals surface area contributed by atoms with E-state index in [2.05, 4.69) is 19.2 Å². The van der Waals surface area contributed by atoms with Gasteiger partial charge in [-0.3, -0.25) is 4.79 Å². The monoisotopic (exact) mass is 233 g/mol. The van der Waals surface area contributed by atoms with Gasteiger partial charge >= 0.3 is 0 Å². The first-order valence-corrected chi connectivity index (χ1v) is 6.22. The van der Waals surface area contributed by atoms with Gasteiger partial charge in [0.25, 0.3) is 0 Å². The molecule has 1 N–H and O–H groups in total. The number of hydrogen-bond donors (Lipinski definition) is 1. The van der Waals surface area contributed by atoms with Gasteiger partial charge in [0, 0.05) is 12.0 Å². The molecule has 3 nitrogen and oxygen atoms in total. The first kappa shape index (κ1) is 12.0. The van der Waals surface area contributed by atoms with E-state index in [9.17, 15) is 4.79 Å². The molecule has 0 bridgehead atoms. The lowest BCUT2D eigenvalue weighted by Crippen LogP contribution is -2.43. The van der Waals surface area contributed by atoms with Crippen LogP contribution in [0.25, 0.3) is 0 Å². The predicted octanol–water partition coefficient (Wildman–Crippen LogP) is 2.82. The van der Waals surface area contributed by atoms with Crippen LogP contribution in [-0.4, -0.2) is 12.0 Å². The summed E-state index contributed by atoms with van der Waals surface area (Å²) in [5.74, 6) is 0.904. The highest BCUT2D eigenvalue weighted by molar-refractivity contribution is 5.50. The van der Waals surface area contributed by atoms with Crippen molar-refractivity contribution in [1.82, 2.24) is 5.32 Å². The van der Waals surface area contributed by atoms with Gasteiger partial charge in [-0.1, -0.05) is 32.0 Å². The van der Waals surface area contributed by atoms with E-state index in [0.717, 1.165) is 37.0 Å². The highest BCUT2D eigenvalue weighted by Crippen LogP contribution is 2.42. The van der Waals surface area contributed by atoms with Gasteiger partial charge in [0.15, 0.2) is 0 Å². The second-order valence-electron chi connectivity index (χ2n) is 4.57. The third-order valence-corrected chi connectivity index (χ3v) is 3.75. The van der Waals surface area contributed by atoms with Crippen molar-refractivity contribution in [2.75, 3.05) is 0 Å². The lowest BCUT2D eigenvalue weighted by molar-refractivity contribution is -0.110. The van der Waals surface area contributed by atoms with Crippen LogP contribution >= 0.6 is 0 Å². The van der Waals surface area contributed by atoms with Gasteiger partial charge in [-0.05, 0) is 18.9 Å². The number of ether oxygens (including phenoxy) is 1. The van der Waals surface area contributed by atoms with Gasteiger partial charge in [0.2, 0.25) is 6.41 Å². The highest BCUT2D eigenvalue weighted by Gasteiger charge is 2.38. The maximum atomic E-state index is 10.7. The van der Waals surface area contributed by atoms with E-state index < -0.39 is 0 Å². The van der Waals surface area contributed by atoms with Crippen LogP contribution in [0.5, 0.6) is 5.75 Å². The zero-order chi connectivity index (χ0) is 12.3. The van der Waals surface area contributed by atoms with E-state index in [1.165, 1.54) is 0 Å². The summed E-state index contributed by atoms with van der Waals surface area (Å²) in [5, 5.41) is 2.90. The number of hydrogen-bond acceptors (Lipinski definition) is 2. The van der Waals surface area contributed by atoms with E-state index in [1.807, 2.05) is 24.3 Å². The summed E-state index contributed by atoms with van der Waals surface area (Å²) in [6.45, 7) is 4.27. The van der Waals surface area contributed by atoms with Crippen LogP contribution in [0.15, 0.2) is 24.3 Å². The maximum absolute atomic E-state index is 10.7. The molecular weight excluding hydrogens is 214 g/mol. The number of benzene rings is 1. The van der Waals surface area contributed by atoms with Crippen molar-refractivity contribution in [1.29, 1.82) is 0 Å². The average molecular weight is 233 g/mol. The molecule has 1 aromatic carbocycles. The summed E-state index contributed by atoms with van der Waals surface area (Å²) < 4.78 is 6.14. The minimum absolute atomic E-state index is 0.0670. The zero-order valence-electron chi connectivity index (χ0n) is 10.4. The molecule has 1 atom stereocenters. The third kappa shape index (κ3) is 2.14. The molecule has 17 heavy (non-hydrogen) atoms. The summed E-state index contributed by atoms with van der Waals surface area (Å²) in [7, 11) is 0. The van der Waals surface area contributed by atoms with Crippen molar-refractivity contribution < 1.29 is 9.53 Å². The summed E-state index contributed by atoms with van der Waals surface area (Å²) in [4.78, 5) is 10.7. The molecule has 0 saturated carbocycles. The number of amides is 1. The Morgan fingerprint density at radius 1 is 1.41 bits per heavy atom. The highest BCUT2D eigenvalue weighted by atomic mass is 16.5. The Bertz CT molecular complexity index is 399. The SMILES string of the molecule is CCC1(CC)CC(NC=O)c2ccccc2O1. The van der Waals surface area contributed by atoms with Crippen molar-refractivity contribution in [2.45, 2.75) is 44.8 Å². The summed E-state index contributed by atoms with van der Waals surface area (Å²) in [6.07, 6.45) is 3.53. The number of rotatable bonds is 4. The molecule has 0 aliphatic carbocycles. The van der Waals surface area contributed by atoms with Gasteiger partial charge in [-0.2, -0.15) is 0 Å². The second-order valence-corrected chi connectivity index (χ2v) is 4.57. The van der Waals surface area contributed by atoms with Crippen molar-refractivity contribution >= 4 is 6.41 Å². The van der Waals surface area contributed by atoms with Crippen molar-refractivity contribution in [3.8, 4) is 5.75 Å². The summed E-state index contributed by atoms with van der Waals surface area (Å²) in [6, 6.07) is 8.02. The molecule has 0 radical (unpaired) electrons. The fourth-order valence-corrected chi connectivity index (χ4v) is 2.53. The van der Waals surface area contributed by atoms with Gasteiger partial charge in [0.05, 0.1) is 6.04 Å². The Morgan fingerprint density at radius 2 is 2.12 bits per heavy atom. The molecule has 0 saturated heterocycles. The standard InChI is InChI=1S/C14H19NO2/c1-3-14(4-2)9-12(15-10-16)11-7-5-6-8-13(11)17-14/h5-8,10,12H,3-4,9H2,1-2H3,(H,15,16). The van der Waals surface area contributed by atoms with Gasteiger partial charge in [-0.15, -0.1) is 0 Å². The fourth-order valence-electron chi connectivity index (χ4n) is 2.53. The quantitative estimate of drug-likeness (QED) is 0.812. The molecule has 1 unspecified atom stereocenters. The molecule has 3 heteroatoms. The van der Waals surface area contributed by atoms with Crippen molar-refractivity contribution in [2.24, 2.45) is 0 Å². The Morgan fingerprint density at radius 3 is 2.76 bits per heavy atom. The van der Waals surface area contributed by atoms with E-state index in [-0.39, 0.29) is 11.6 Å². The average Bonchev–Trinajstić information content (AvgIpc) is 2.39. The van der Waals surface area contributed by atoms with Crippen LogP contribution in [0.1, 0.15) is 44.7 Å². The molecule has 1 heterocycles. The van der Waals surface area contributed by atoms with Crippen LogP contribution in [0.2, 0.25) is 0 Å². The largest absolute Gasteiger partial charge is 0.487 e. The molecular formula is C14H19NO2. The van der Waals surface area contributed by atoms with Crippen LogP contribution in [0.3, 0.4) is 0 Å². The number of carbonyl (C=O) groups is 1. The minimum Gasteiger partial charge on any atom is -0.487 e. The van der Waals surface area contributed by atoms with Crippen LogP contribution < -0.4 is 10.1 Å². The zero-order valence-corrected chi connectivity index (χ0v) is 10.4. The lowest BCUT2D eigenvalue weighted by atomic mass is 9.83. The van der Waals surface area contributed by atoms with Crippen LogP contribution in [-0.2, 0) is 4.79 Å². The normalized spacial score (nSPS) is 21.2. The Kier molecular flexibility index (Phi) is 3.36. The summed E-state index contributed by atoms with van der Waals surface area (Å²) in [5.41, 5.74) is 0.937. The molecule has 1 aliphatic heterocycles. The van der Waals surface area contributed by atoms with Crippen molar-refractivity contribution in [3.63, 3.8) is 0 Å². The lowest BCUT2D eigenvalue weighted by Gasteiger charge is -2.41. The Hall–Kier alpha value is -1.51. The predicted molar refractivity (Wildman–Crippen MR) is 66.9 cm³/mol. The molecule has 1 amide bonds. The third-order valence-electron chi connectivity index (χ3n) is 3.75. The van der Waals surface area contributed by atoms with E-state index in [1.54, 1.807) is 0 Å². The summed E-state index contributed by atoms with van der Waals surface area (Å²) >= 11 is 0. The van der Waals surface area contributed by atoms with Gasteiger partial charge < -0.3 is 10.1 Å². The minimum atomic E-state index is -0.144. The van der Waals surface area contributed by atoms with Gasteiger partial charge in [0.1, 0.15) is 11.4 Å². The topological polar surface area (TPSA) is 38.3 Å². The molecule has 1 aliphatic rings. The van der Waals surface area contributed by atoms with E-state index in [4.69, 9.17) is 4.74 Å². The molecule has 2 rings (SSSR count). The second kappa shape index (κ2) is 4.78. The van der Waals surface area contributed by atoms with E-state index >= 15 is 0 Å².